The zero-order valence-corrected chi connectivity index (χ0v) is 22.9. The third kappa shape index (κ3) is 5.50. The first-order chi connectivity index (χ1) is 16.7. The van der Waals surface area contributed by atoms with Crippen LogP contribution in [0, 0.1) is 0 Å². The maximum Gasteiger partial charge on any atom is 0.270 e. The SMILES string of the molecule is O=C1NC(=S)N(c2cccc(Cl)c2Cl)C(=O)/C1=C/c1cc(Cl)c(OCc2ccccc2Cl)c(Br)c1. The highest BCUT2D eigenvalue weighted by Crippen LogP contribution is 2.37. The summed E-state index contributed by atoms with van der Waals surface area (Å²) in [4.78, 5) is 27.0. The molecule has 0 spiro atoms. The fourth-order valence-electron chi connectivity index (χ4n) is 3.27. The number of hydrogen-bond donors (Lipinski definition) is 1. The highest BCUT2D eigenvalue weighted by Gasteiger charge is 2.35. The molecule has 0 saturated carbocycles. The van der Waals surface area contributed by atoms with Crippen molar-refractivity contribution in [3.8, 4) is 5.75 Å². The van der Waals surface area contributed by atoms with Gasteiger partial charge in [0.25, 0.3) is 11.8 Å². The number of nitrogens with zero attached hydrogens (tertiary/aromatic N) is 1. The van der Waals surface area contributed by atoms with E-state index in [1.54, 1.807) is 36.4 Å². The second-order valence-electron chi connectivity index (χ2n) is 7.22. The summed E-state index contributed by atoms with van der Waals surface area (Å²) in [5, 5.41) is 3.61. The lowest BCUT2D eigenvalue weighted by Gasteiger charge is -2.29. The molecule has 2 amide bonds. The molecule has 4 rings (SSSR count). The molecule has 11 heteroatoms. The molecule has 0 bridgehead atoms. The molecule has 3 aromatic carbocycles. The summed E-state index contributed by atoms with van der Waals surface area (Å²) in [6, 6.07) is 15.3. The Labute approximate surface area is 234 Å². The Hall–Kier alpha value is -2.13. The summed E-state index contributed by atoms with van der Waals surface area (Å²) in [5.74, 6) is -0.920. The van der Waals surface area contributed by atoms with Gasteiger partial charge >= 0.3 is 0 Å². The summed E-state index contributed by atoms with van der Waals surface area (Å²) in [6.07, 6.45) is 1.40. The first-order valence-corrected chi connectivity index (χ1v) is 12.6. The van der Waals surface area contributed by atoms with Gasteiger partial charge in [-0.25, -0.2) is 0 Å². The average Bonchev–Trinajstić information content (AvgIpc) is 2.80. The molecule has 3 aromatic rings. The first-order valence-electron chi connectivity index (χ1n) is 9.88. The van der Waals surface area contributed by atoms with Crippen LogP contribution in [0.5, 0.6) is 5.75 Å². The lowest BCUT2D eigenvalue weighted by Crippen LogP contribution is -2.54. The Bertz CT molecular complexity index is 1390. The number of carbonyl (C=O) groups excluding carboxylic acids is 2. The van der Waals surface area contributed by atoms with Gasteiger partial charge in [0, 0.05) is 10.6 Å². The third-order valence-corrected chi connectivity index (χ3v) is 7.27. The van der Waals surface area contributed by atoms with E-state index < -0.39 is 11.8 Å². The molecule has 35 heavy (non-hydrogen) atoms. The van der Waals surface area contributed by atoms with E-state index in [2.05, 4.69) is 21.2 Å². The van der Waals surface area contributed by atoms with Crippen molar-refractivity contribution in [1.82, 2.24) is 5.32 Å². The second kappa shape index (κ2) is 10.9. The van der Waals surface area contributed by atoms with Crippen LogP contribution in [0.1, 0.15) is 11.1 Å². The molecule has 1 saturated heterocycles. The first kappa shape index (κ1) is 25.9. The van der Waals surface area contributed by atoms with Crippen LogP contribution in [0.3, 0.4) is 0 Å². The fourth-order valence-corrected chi connectivity index (χ4v) is 5.11. The number of halogens is 5. The molecular weight excluding hydrogens is 618 g/mol. The Balaban J connectivity index is 1.64. The van der Waals surface area contributed by atoms with Gasteiger partial charge in [0.1, 0.15) is 12.2 Å². The largest absolute Gasteiger partial charge is 0.486 e. The van der Waals surface area contributed by atoms with Gasteiger partial charge in [0.2, 0.25) is 0 Å². The summed E-state index contributed by atoms with van der Waals surface area (Å²) in [7, 11) is 0. The minimum absolute atomic E-state index is 0.108. The maximum atomic E-state index is 13.3. The standard InChI is InChI=1S/C24H13BrCl4N2O3S/c25-15-9-12(10-18(28)21(15)34-11-13-4-1-2-5-16(13)26)8-14-22(32)30-24(35)31(23(14)33)19-7-3-6-17(27)20(19)29/h1-10H,11H2,(H,30,32,35)/b14-8+. The minimum atomic E-state index is -0.658. The third-order valence-electron chi connectivity index (χ3n) is 4.94. The van der Waals surface area contributed by atoms with Crippen molar-refractivity contribution in [2.45, 2.75) is 6.61 Å². The van der Waals surface area contributed by atoms with Crippen molar-refractivity contribution in [2.24, 2.45) is 0 Å². The van der Waals surface area contributed by atoms with E-state index in [1.165, 1.54) is 6.08 Å². The van der Waals surface area contributed by atoms with Crippen LogP contribution in [0.2, 0.25) is 20.1 Å². The molecule has 178 valence electrons. The molecule has 1 aliphatic heterocycles. The highest BCUT2D eigenvalue weighted by molar-refractivity contribution is 9.10. The summed E-state index contributed by atoms with van der Waals surface area (Å²) in [6.45, 7) is 0.201. The Morgan fingerprint density at radius 3 is 2.40 bits per heavy atom. The highest BCUT2D eigenvalue weighted by atomic mass is 79.9. The van der Waals surface area contributed by atoms with Crippen molar-refractivity contribution >= 4 is 103 Å². The van der Waals surface area contributed by atoms with E-state index >= 15 is 0 Å². The summed E-state index contributed by atoms with van der Waals surface area (Å²) < 4.78 is 6.38. The number of hydrogen-bond acceptors (Lipinski definition) is 4. The van der Waals surface area contributed by atoms with Crippen LogP contribution in [0.4, 0.5) is 5.69 Å². The smallest absolute Gasteiger partial charge is 0.270 e. The normalized spacial score (nSPS) is 14.9. The van der Waals surface area contributed by atoms with Gasteiger partial charge in [-0.1, -0.05) is 70.7 Å². The van der Waals surface area contributed by atoms with Gasteiger partial charge in [-0.2, -0.15) is 0 Å². The van der Waals surface area contributed by atoms with E-state index in [-0.39, 0.29) is 38.0 Å². The molecule has 0 atom stereocenters. The van der Waals surface area contributed by atoms with Gasteiger partial charge < -0.3 is 4.74 Å². The van der Waals surface area contributed by atoms with Crippen LogP contribution < -0.4 is 15.0 Å². The number of nitrogens with one attached hydrogen (secondary N) is 1. The minimum Gasteiger partial charge on any atom is -0.486 e. The summed E-state index contributed by atoms with van der Waals surface area (Å²) >= 11 is 33.7. The Kier molecular flexibility index (Phi) is 8.06. The number of anilines is 1. The molecule has 1 heterocycles. The molecule has 5 nitrogen and oxygen atoms in total. The van der Waals surface area contributed by atoms with E-state index in [0.29, 0.717) is 20.8 Å². The van der Waals surface area contributed by atoms with Crippen LogP contribution >= 0.6 is 74.6 Å². The van der Waals surface area contributed by atoms with Crippen LogP contribution in [-0.2, 0) is 16.2 Å². The van der Waals surface area contributed by atoms with Crippen molar-refractivity contribution in [2.75, 3.05) is 4.90 Å². The molecule has 0 aromatic heterocycles. The van der Waals surface area contributed by atoms with Gasteiger partial charge in [-0.05, 0) is 70.1 Å². The van der Waals surface area contributed by atoms with E-state index in [0.717, 1.165) is 10.5 Å². The monoisotopic (exact) mass is 628 g/mol. The van der Waals surface area contributed by atoms with Crippen LogP contribution in [0.15, 0.2) is 64.6 Å². The molecule has 0 unspecified atom stereocenters. The van der Waals surface area contributed by atoms with Crippen molar-refractivity contribution < 1.29 is 14.3 Å². The van der Waals surface area contributed by atoms with Gasteiger partial charge in [0.15, 0.2) is 10.9 Å². The number of ether oxygens (including phenoxy) is 1. The molecule has 0 aliphatic carbocycles. The zero-order chi connectivity index (χ0) is 25.3. The average molecular weight is 631 g/mol. The molecular formula is C24H13BrCl4N2O3S. The molecule has 1 N–H and O–H groups in total. The van der Waals surface area contributed by atoms with Crippen LogP contribution in [0.25, 0.3) is 6.08 Å². The van der Waals surface area contributed by atoms with Gasteiger partial charge in [-0.3, -0.25) is 19.8 Å². The molecule has 1 aliphatic rings. The number of benzene rings is 3. The van der Waals surface area contributed by atoms with Crippen molar-refractivity contribution in [1.29, 1.82) is 0 Å². The van der Waals surface area contributed by atoms with E-state index in [9.17, 15) is 9.59 Å². The predicted molar refractivity (Wildman–Crippen MR) is 148 cm³/mol. The summed E-state index contributed by atoms with van der Waals surface area (Å²) in [5.41, 5.74) is 1.36. The van der Waals surface area contributed by atoms with E-state index in [1.807, 2.05) is 18.2 Å². The van der Waals surface area contributed by atoms with Crippen LogP contribution in [-0.4, -0.2) is 16.9 Å². The quantitative estimate of drug-likeness (QED) is 0.181. The van der Waals surface area contributed by atoms with Crippen molar-refractivity contribution in [3.63, 3.8) is 0 Å². The predicted octanol–water partition coefficient (Wildman–Crippen LogP) is 7.47. The topological polar surface area (TPSA) is 58.6 Å². The Morgan fingerprint density at radius 2 is 1.69 bits per heavy atom. The number of rotatable bonds is 5. The molecule has 1 fully saturated rings. The van der Waals surface area contributed by atoms with Gasteiger partial charge in [0.05, 0.1) is 25.2 Å². The molecule has 0 radical (unpaired) electrons. The number of amides is 2. The fraction of sp³-hybridized carbons (Fsp3) is 0.0417. The Morgan fingerprint density at radius 1 is 0.971 bits per heavy atom. The lowest BCUT2D eigenvalue weighted by atomic mass is 10.1. The van der Waals surface area contributed by atoms with Crippen molar-refractivity contribution in [3.05, 3.63) is 95.9 Å². The maximum absolute atomic E-state index is 13.3. The lowest BCUT2D eigenvalue weighted by molar-refractivity contribution is -0.122. The second-order valence-corrected chi connectivity index (χ2v) is 10.1. The zero-order valence-electron chi connectivity index (χ0n) is 17.5. The van der Waals surface area contributed by atoms with Gasteiger partial charge in [-0.15, -0.1) is 0 Å². The van der Waals surface area contributed by atoms with E-state index in [4.69, 9.17) is 63.4 Å². The number of carbonyl (C=O) groups is 2. The number of thiocarbonyl (C=S) groups is 1.